The normalized spacial score (nSPS) is 25.5. The van der Waals surface area contributed by atoms with E-state index < -0.39 is 11.1 Å². The van der Waals surface area contributed by atoms with E-state index in [1.54, 1.807) is 13.1 Å². The molecule has 2 fully saturated rings. The first kappa shape index (κ1) is 29.9. The zero-order valence-corrected chi connectivity index (χ0v) is 25.3. The van der Waals surface area contributed by atoms with E-state index >= 15 is 0 Å². The van der Waals surface area contributed by atoms with Crippen LogP contribution in [-0.4, -0.2) is 44.5 Å². The number of rotatable bonds is 8. The van der Waals surface area contributed by atoms with Gasteiger partial charge in [-0.05, 0) is 82.4 Å². The number of pyridine rings is 1. The third-order valence-electron chi connectivity index (χ3n) is 8.99. The highest BCUT2D eigenvalue weighted by molar-refractivity contribution is 5.93. The third-order valence-corrected chi connectivity index (χ3v) is 8.99. The first-order chi connectivity index (χ1) is 19.9. The summed E-state index contributed by atoms with van der Waals surface area (Å²) in [6.07, 6.45) is 7.03. The summed E-state index contributed by atoms with van der Waals surface area (Å²) in [6, 6.07) is 20.7. The number of aliphatic hydroxyl groups is 1. The fraction of sp³-hybridized carbons (Fsp3) is 0.457. The Bertz CT molecular complexity index is 1400. The Balaban J connectivity index is 1.28. The molecule has 1 aromatic heterocycles. The van der Waals surface area contributed by atoms with Crippen LogP contribution < -0.4 is 11.1 Å². The molecule has 2 saturated carbocycles. The minimum Gasteiger partial charge on any atom is -0.390 e. The smallest absolute Gasteiger partial charge is 0.224 e. The molecule has 4 N–H and O–H groups in total. The van der Waals surface area contributed by atoms with Crippen LogP contribution in [0, 0.1) is 5.92 Å². The van der Waals surface area contributed by atoms with E-state index in [-0.39, 0.29) is 23.9 Å². The summed E-state index contributed by atoms with van der Waals surface area (Å²) in [5, 5.41) is 13.3. The van der Waals surface area contributed by atoms with Crippen molar-refractivity contribution < 1.29 is 14.7 Å². The minimum atomic E-state index is -0.709. The second kappa shape index (κ2) is 12.0. The average molecular weight is 569 g/mol. The Morgan fingerprint density at radius 2 is 1.67 bits per heavy atom. The van der Waals surface area contributed by atoms with Gasteiger partial charge < -0.3 is 21.1 Å². The van der Waals surface area contributed by atoms with Gasteiger partial charge in [-0.15, -0.1) is 0 Å². The minimum absolute atomic E-state index is 0.00623. The van der Waals surface area contributed by atoms with Crippen molar-refractivity contribution in [3.63, 3.8) is 0 Å². The van der Waals surface area contributed by atoms with Gasteiger partial charge in [-0.1, -0.05) is 54.6 Å². The molecular weight excluding hydrogens is 524 g/mol. The molecule has 2 aliphatic carbocycles. The van der Waals surface area contributed by atoms with Crippen molar-refractivity contribution in [3.8, 4) is 22.4 Å². The Labute approximate surface area is 249 Å². The van der Waals surface area contributed by atoms with Gasteiger partial charge in [0.2, 0.25) is 11.8 Å². The summed E-state index contributed by atoms with van der Waals surface area (Å²) < 4.78 is 0. The first-order valence-electron chi connectivity index (χ1n) is 15.2. The van der Waals surface area contributed by atoms with Crippen molar-refractivity contribution in [1.82, 2.24) is 9.88 Å². The van der Waals surface area contributed by atoms with E-state index in [1.165, 1.54) is 0 Å². The molecule has 0 radical (unpaired) electrons. The van der Waals surface area contributed by atoms with E-state index in [0.717, 1.165) is 53.6 Å². The van der Waals surface area contributed by atoms with Gasteiger partial charge in [0.25, 0.3) is 0 Å². The standard InChI is InChI=1S/C35H44N4O3/c1-23(2)39(24(3)40)30-16-10-25(11-17-30)18-32(41)38-29-19-31(26-8-6-5-7-9-26)33(37-20-29)27-12-14-28(15-13-27)35(36)21-34(4,42)22-35/h5-9,12-15,19-20,23,25,30,42H,10-11,16-18,21-22,36H2,1-4H3,(H,38,41)/t25-,30-,34-,35-. The molecule has 0 bridgehead atoms. The van der Waals surface area contributed by atoms with Crippen molar-refractivity contribution >= 4 is 17.5 Å². The molecule has 2 aromatic carbocycles. The topological polar surface area (TPSA) is 109 Å². The van der Waals surface area contributed by atoms with Crippen molar-refractivity contribution in [3.05, 3.63) is 72.4 Å². The highest BCUT2D eigenvalue weighted by Gasteiger charge is 2.49. The molecule has 3 aromatic rings. The van der Waals surface area contributed by atoms with Crippen molar-refractivity contribution in [2.75, 3.05) is 5.32 Å². The number of benzene rings is 2. The zero-order valence-electron chi connectivity index (χ0n) is 25.3. The second-order valence-electron chi connectivity index (χ2n) is 13.0. The van der Waals surface area contributed by atoms with Crippen molar-refractivity contribution in [2.45, 2.75) is 95.9 Å². The van der Waals surface area contributed by atoms with Gasteiger partial charge in [-0.3, -0.25) is 14.6 Å². The predicted octanol–water partition coefficient (Wildman–Crippen LogP) is 6.26. The Morgan fingerprint density at radius 3 is 2.24 bits per heavy atom. The summed E-state index contributed by atoms with van der Waals surface area (Å²) >= 11 is 0. The second-order valence-corrected chi connectivity index (χ2v) is 13.0. The molecule has 0 aliphatic heterocycles. The van der Waals surface area contributed by atoms with Gasteiger partial charge in [0.05, 0.1) is 23.2 Å². The lowest BCUT2D eigenvalue weighted by atomic mass is 9.63. The van der Waals surface area contributed by atoms with Crippen LogP contribution in [0.25, 0.3) is 22.4 Å². The highest BCUT2D eigenvalue weighted by Crippen LogP contribution is 2.46. The summed E-state index contributed by atoms with van der Waals surface area (Å²) in [7, 11) is 0. The molecule has 2 amide bonds. The molecule has 0 saturated heterocycles. The lowest BCUT2D eigenvalue weighted by Gasteiger charge is -2.49. The average Bonchev–Trinajstić information content (AvgIpc) is 2.93. The maximum absolute atomic E-state index is 13.1. The lowest BCUT2D eigenvalue weighted by Crippen LogP contribution is -2.58. The maximum atomic E-state index is 13.1. The Morgan fingerprint density at radius 1 is 1.02 bits per heavy atom. The summed E-state index contributed by atoms with van der Waals surface area (Å²) in [4.78, 5) is 32.0. The molecule has 7 nitrogen and oxygen atoms in total. The molecule has 7 heteroatoms. The number of aromatic nitrogens is 1. The van der Waals surface area contributed by atoms with E-state index in [4.69, 9.17) is 10.7 Å². The fourth-order valence-corrected chi connectivity index (χ4v) is 7.22. The van der Waals surface area contributed by atoms with Gasteiger partial charge in [0, 0.05) is 42.1 Å². The highest BCUT2D eigenvalue weighted by atomic mass is 16.3. The lowest BCUT2D eigenvalue weighted by molar-refractivity contribution is -0.134. The van der Waals surface area contributed by atoms with E-state index in [0.29, 0.717) is 30.9 Å². The third kappa shape index (κ3) is 6.58. The van der Waals surface area contributed by atoms with Crippen molar-refractivity contribution in [1.29, 1.82) is 0 Å². The van der Waals surface area contributed by atoms with E-state index in [2.05, 4.69) is 19.2 Å². The van der Waals surface area contributed by atoms with Gasteiger partial charge in [-0.2, -0.15) is 0 Å². The summed E-state index contributed by atoms with van der Waals surface area (Å²) in [5.74, 6) is 0.434. The summed E-state index contributed by atoms with van der Waals surface area (Å²) in [5.41, 5.74) is 10.8. The van der Waals surface area contributed by atoms with Crippen LogP contribution in [0.2, 0.25) is 0 Å². The number of amides is 2. The fourth-order valence-electron chi connectivity index (χ4n) is 7.22. The number of nitrogens with two attached hydrogens (primary N) is 1. The SMILES string of the molecule is CC(=O)N(C(C)C)[C@H]1CC[C@H](CC(=O)Nc2cnc(-c3ccc([C@]4(N)C[C@](C)(O)C4)cc3)c(-c3ccccc3)c2)CC1. The zero-order chi connectivity index (χ0) is 30.1. The van der Waals surface area contributed by atoms with Crippen LogP contribution >= 0.6 is 0 Å². The number of nitrogens with one attached hydrogen (secondary N) is 1. The molecule has 0 unspecified atom stereocenters. The molecule has 2 aliphatic rings. The predicted molar refractivity (Wildman–Crippen MR) is 167 cm³/mol. The molecule has 1 heterocycles. The molecule has 0 atom stereocenters. The van der Waals surface area contributed by atoms with Gasteiger partial charge in [-0.25, -0.2) is 0 Å². The monoisotopic (exact) mass is 568 g/mol. The molecule has 0 spiro atoms. The maximum Gasteiger partial charge on any atom is 0.224 e. The van der Waals surface area contributed by atoms with Gasteiger partial charge >= 0.3 is 0 Å². The van der Waals surface area contributed by atoms with Crippen molar-refractivity contribution in [2.24, 2.45) is 11.7 Å². The molecular formula is C35H44N4O3. The van der Waals surface area contributed by atoms with Crippen LogP contribution in [0.5, 0.6) is 0 Å². The van der Waals surface area contributed by atoms with Crippen LogP contribution in [0.1, 0.15) is 78.2 Å². The Kier molecular flexibility index (Phi) is 8.53. The van der Waals surface area contributed by atoms with E-state index in [1.807, 2.05) is 72.5 Å². The van der Waals surface area contributed by atoms with Crippen LogP contribution in [0.3, 0.4) is 0 Å². The number of hydrogen-bond donors (Lipinski definition) is 3. The Hall–Kier alpha value is -3.55. The molecule has 222 valence electrons. The van der Waals surface area contributed by atoms with Crippen LogP contribution in [0.15, 0.2) is 66.9 Å². The number of nitrogens with zero attached hydrogens (tertiary/aromatic N) is 2. The molecule has 42 heavy (non-hydrogen) atoms. The van der Waals surface area contributed by atoms with Crippen LogP contribution in [0.4, 0.5) is 5.69 Å². The number of hydrogen-bond acceptors (Lipinski definition) is 5. The molecule has 5 rings (SSSR count). The number of anilines is 1. The quantitative estimate of drug-likeness (QED) is 0.297. The number of carbonyl (C=O) groups excluding carboxylic acids is 2. The van der Waals surface area contributed by atoms with Gasteiger partial charge in [0.1, 0.15) is 0 Å². The van der Waals surface area contributed by atoms with Gasteiger partial charge in [0.15, 0.2) is 0 Å². The first-order valence-corrected chi connectivity index (χ1v) is 15.2. The largest absolute Gasteiger partial charge is 0.390 e. The summed E-state index contributed by atoms with van der Waals surface area (Å²) in [6.45, 7) is 7.60. The number of carbonyl (C=O) groups is 2. The van der Waals surface area contributed by atoms with E-state index in [9.17, 15) is 14.7 Å². The van der Waals surface area contributed by atoms with Crippen LogP contribution in [-0.2, 0) is 15.1 Å².